The van der Waals surface area contributed by atoms with Gasteiger partial charge in [0.15, 0.2) is 0 Å². The van der Waals surface area contributed by atoms with Gasteiger partial charge in [-0.25, -0.2) is 0 Å². The number of esters is 1. The van der Waals surface area contributed by atoms with Gasteiger partial charge < -0.3 is 25.2 Å². The minimum atomic E-state index is -1.04. The van der Waals surface area contributed by atoms with Crippen molar-refractivity contribution in [3.63, 3.8) is 0 Å². The van der Waals surface area contributed by atoms with Crippen LogP contribution < -0.4 is 0 Å². The summed E-state index contributed by atoms with van der Waals surface area (Å²) in [7, 11) is 0. The van der Waals surface area contributed by atoms with E-state index in [1.807, 2.05) is 6.92 Å². The average Bonchev–Trinajstić information content (AvgIpc) is 3.20. The predicted molar refractivity (Wildman–Crippen MR) is 148 cm³/mol. The molecule has 0 saturated heterocycles. The Bertz CT molecular complexity index is 1030. The largest absolute Gasteiger partial charge is 0.458 e. The van der Waals surface area contributed by atoms with Gasteiger partial charge in [-0.3, -0.25) is 4.79 Å². The highest BCUT2D eigenvalue weighted by atomic mass is 16.6. The summed E-state index contributed by atoms with van der Waals surface area (Å²) in [5.41, 5.74) is 2.30. The third-order valence-corrected chi connectivity index (χ3v) is 11.3. The second-order valence-corrected chi connectivity index (χ2v) is 13.8. The molecular weight excluding hydrogens is 480 g/mol. The molecule has 6 nitrogen and oxygen atoms in total. The molecule has 0 unspecified atom stereocenters. The van der Waals surface area contributed by atoms with E-state index in [0.29, 0.717) is 11.8 Å². The first kappa shape index (κ1) is 29.5. The van der Waals surface area contributed by atoms with Crippen molar-refractivity contribution in [1.29, 1.82) is 0 Å². The molecule has 214 valence electrons. The van der Waals surface area contributed by atoms with E-state index in [4.69, 9.17) is 4.74 Å². The molecule has 0 aromatic heterocycles. The van der Waals surface area contributed by atoms with Crippen molar-refractivity contribution in [2.75, 3.05) is 6.61 Å². The highest BCUT2D eigenvalue weighted by Crippen LogP contribution is 2.67. The summed E-state index contributed by atoms with van der Waals surface area (Å²) < 4.78 is 6.02. The van der Waals surface area contributed by atoms with Crippen LogP contribution in [0.5, 0.6) is 0 Å². The Morgan fingerprint density at radius 1 is 1.18 bits per heavy atom. The molecule has 4 rings (SSSR count). The SMILES string of the molecule is C=C(CC[C@@H](C)[C@H]1CC=C2C3=C([C@@H](O)[C@H](OC(C)=O)[C@@]21C)[C@@]1(C)C[C@@H](O)[C@H](O)[C@@](C)(CO)[C@@H]1CC3)C(C)C. The van der Waals surface area contributed by atoms with Crippen LogP contribution in [0.4, 0.5) is 0 Å². The van der Waals surface area contributed by atoms with Gasteiger partial charge in [-0.05, 0) is 84.3 Å². The van der Waals surface area contributed by atoms with Crippen molar-refractivity contribution < 1.29 is 30.0 Å². The first-order valence-electron chi connectivity index (χ1n) is 14.6. The summed E-state index contributed by atoms with van der Waals surface area (Å²) >= 11 is 0. The van der Waals surface area contributed by atoms with Crippen molar-refractivity contribution in [3.05, 3.63) is 34.9 Å². The molecule has 0 aliphatic heterocycles. The van der Waals surface area contributed by atoms with Gasteiger partial charge in [0.1, 0.15) is 12.2 Å². The molecule has 0 aromatic rings. The smallest absolute Gasteiger partial charge is 0.303 e. The third kappa shape index (κ3) is 4.25. The molecule has 0 amide bonds. The average molecular weight is 531 g/mol. The number of hydrogen-bond donors (Lipinski definition) is 4. The Balaban J connectivity index is 1.79. The fraction of sp³-hybridized carbons (Fsp3) is 0.781. The van der Waals surface area contributed by atoms with Crippen LogP contribution >= 0.6 is 0 Å². The molecule has 6 heteroatoms. The zero-order chi connectivity index (χ0) is 28.4. The first-order chi connectivity index (χ1) is 17.6. The summed E-state index contributed by atoms with van der Waals surface area (Å²) in [5, 5.41) is 44.4. The lowest BCUT2D eigenvalue weighted by Crippen LogP contribution is -2.64. The molecule has 38 heavy (non-hydrogen) atoms. The summed E-state index contributed by atoms with van der Waals surface area (Å²) in [4.78, 5) is 12.4. The van der Waals surface area contributed by atoms with Gasteiger partial charge in [0.2, 0.25) is 0 Å². The zero-order valence-corrected chi connectivity index (χ0v) is 24.5. The highest BCUT2D eigenvalue weighted by molar-refractivity contribution is 5.67. The van der Waals surface area contributed by atoms with Crippen LogP contribution in [-0.4, -0.2) is 57.4 Å². The van der Waals surface area contributed by atoms with Crippen molar-refractivity contribution in [3.8, 4) is 0 Å². The molecule has 4 aliphatic carbocycles. The summed E-state index contributed by atoms with van der Waals surface area (Å²) in [6, 6.07) is 0. The van der Waals surface area contributed by atoms with Crippen LogP contribution in [0.3, 0.4) is 0 Å². The number of aliphatic hydroxyl groups is 4. The monoisotopic (exact) mass is 530 g/mol. The first-order valence-corrected chi connectivity index (χ1v) is 14.6. The molecule has 4 aliphatic rings. The lowest BCUT2D eigenvalue weighted by molar-refractivity contribution is -0.189. The number of carbonyl (C=O) groups is 1. The maximum atomic E-state index is 12.4. The lowest BCUT2D eigenvalue weighted by atomic mass is 9.44. The normalized spacial score (nSPS) is 43.2. The van der Waals surface area contributed by atoms with Crippen molar-refractivity contribution in [2.24, 2.45) is 39.9 Å². The molecule has 1 fully saturated rings. The third-order valence-electron chi connectivity index (χ3n) is 11.3. The van der Waals surface area contributed by atoms with Crippen LogP contribution in [-0.2, 0) is 9.53 Å². The number of aliphatic hydroxyl groups excluding tert-OH is 4. The number of allylic oxidation sites excluding steroid dienone is 3. The van der Waals surface area contributed by atoms with Crippen molar-refractivity contribution >= 4 is 5.97 Å². The van der Waals surface area contributed by atoms with Gasteiger partial charge in [-0.2, -0.15) is 0 Å². The van der Waals surface area contributed by atoms with E-state index in [1.165, 1.54) is 18.1 Å². The van der Waals surface area contributed by atoms with Crippen molar-refractivity contribution in [1.82, 2.24) is 0 Å². The van der Waals surface area contributed by atoms with Crippen LogP contribution in [0, 0.1) is 39.9 Å². The number of carbonyl (C=O) groups excluding carboxylic acids is 1. The quantitative estimate of drug-likeness (QED) is 0.281. The molecule has 10 atom stereocenters. The van der Waals surface area contributed by atoms with Crippen LogP contribution in [0.2, 0.25) is 0 Å². The van der Waals surface area contributed by atoms with E-state index in [-0.39, 0.29) is 24.9 Å². The Morgan fingerprint density at radius 3 is 2.42 bits per heavy atom. The summed E-state index contributed by atoms with van der Waals surface area (Å²) in [6.07, 6.45) is 3.05. The Kier molecular flexibility index (Phi) is 7.90. The minimum Gasteiger partial charge on any atom is -0.458 e. The minimum absolute atomic E-state index is 0.132. The molecule has 4 N–H and O–H groups in total. The summed E-state index contributed by atoms with van der Waals surface area (Å²) in [6.45, 7) is 18.1. The second-order valence-electron chi connectivity index (χ2n) is 13.8. The molecule has 0 radical (unpaired) electrons. The maximum Gasteiger partial charge on any atom is 0.303 e. The van der Waals surface area contributed by atoms with Gasteiger partial charge in [-0.1, -0.05) is 59.8 Å². The Hall–Kier alpha value is -1.47. The molecule has 1 saturated carbocycles. The van der Waals surface area contributed by atoms with Gasteiger partial charge in [0.25, 0.3) is 0 Å². The lowest BCUT2D eigenvalue weighted by Gasteiger charge is -2.62. The van der Waals surface area contributed by atoms with Crippen LogP contribution in [0.1, 0.15) is 87.0 Å². The fourth-order valence-electron chi connectivity index (χ4n) is 9.07. The molecular formula is C32H50O6. The maximum absolute atomic E-state index is 12.4. The topological polar surface area (TPSA) is 107 Å². The fourth-order valence-corrected chi connectivity index (χ4v) is 9.07. The van der Waals surface area contributed by atoms with Gasteiger partial charge in [-0.15, -0.1) is 0 Å². The molecule has 0 bridgehead atoms. The Labute approximate surface area is 228 Å². The highest BCUT2D eigenvalue weighted by Gasteiger charge is 2.65. The molecule has 0 aromatic carbocycles. The standard InChI is InChI=1S/C32H50O6/c1-17(2)18(3)9-10-19(4)22-12-13-23-21-11-14-25-30(6,15-24(35)28(37)31(25,7)16-33)26(21)27(36)29(32(22,23)8)38-20(5)34/h13,17,19,22,24-25,27-29,33,35-37H,3,9-12,14-16H2,1-2,4-8H3/t19-,22-,24-,25-,27-,28+,29+,30+,31+,32-/m1/s1. The van der Waals surface area contributed by atoms with E-state index in [0.717, 1.165) is 43.3 Å². The van der Waals surface area contributed by atoms with Crippen molar-refractivity contribution in [2.45, 2.75) is 111 Å². The molecule has 0 spiro atoms. The number of ether oxygens (including phenoxy) is 1. The van der Waals surface area contributed by atoms with E-state index < -0.39 is 46.6 Å². The predicted octanol–water partition coefficient (Wildman–Crippen LogP) is 4.71. The van der Waals surface area contributed by atoms with E-state index >= 15 is 0 Å². The van der Waals surface area contributed by atoms with E-state index in [1.54, 1.807) is 0 Å². The number of hydrogen-bond acceptors (Lipinski definition) is 6. The Morgan fingerprint density at radius 2 is 1.84 bits per heavy atom. The van der Waals surface area contributed by atoms with Crippen LogP contribution in [0.25, 0.3) is 0 Å². The van der Waals surface area contributed by atoms with Gasteiger partial charge >= 0.3 is 5.97 Å². The zero-order valence-electron chi connectivity index (χ0n) is 24.5. The van der Waals surface area contributed by atoms with Gasteiger partial charge in [0, 0.05) is 17.8 Å². The van der Waals surface area contributed by atoms with E-state index in [9.17, 15) is 25.2 Å². The number of fused-ring (bicyclic) bond motifs is 4. The second kappa shape index (κ2) is 10.2. The van der Waals surface area contributed by atoms with Crippen LogP contribution in [0.15, 0.2) is 34.9 Å². The van der Waals surface area contributed by atoms with Gasteiger partial charge in [0.05, 0.1) is 18.8 Å². The van der Waals surface area contributed by atoms with E-state index in [2.05, 4.69) is 47.3 Å². The molecule has 0 heterocycles. The number of rotatable bonds is 7. The summed E-state index contributed by atoms with van der Waals surface area (Å²) in [5.74, 6) is 0.443.